The van der Waals surface area contributed by atoms with Gasteiger partial charge < -0.3 is 10.3 Å². The van der Waals surface area contributed by atoms with E-state index < -0.39 is 0 Å². The molecule has 1 aromatic heterocycles. The van der Waals surface area contributed by atoms with Crippen LogP contribution >= 0.6 is 15.9 Å². The summed E-state index contributed by atoms with van der Waals surface area (Å²) in [6.07, 6.45) is 2.09. The maximum absolute atomic E-state index is 13.4. The molecule has 1 aromatic carbocycles. The van der Waals surface area contributed by atoms with Crippen LogP contribution in [-0.2, 0) is 0 Å². The lowest BCUT2D eigenvalue weighted by Gasteiger charge is -2.15. The molecule has 0 aliphatic heterocycles. The van der Waals surface area contributed by atoms with Crippen LogP contribution in [0.15, 0.2) is 16.6 Å². The lowest BCUT2D eigenvalue weighted by Crippen LogP contribution is -2.08. The van der Waals surface area contributed by atoms with Gasteiger partial charge in [0.1, 0.15) is 5.82 Å². The van der Waals surface area contributed by atoms with Crippen molar-refractivity contribution < 1.29 is 4.39 Å². The Labute approximate surface area is 108 Å². The topological polar surface area (TPSA) is 43.8 Å². The quantitative estimate of drug-likeness (QED) is 0.934. The van der Waals surface area contributed by atoms with Crippen molar-refractivity contribution in [2.45, 2.75) is 32.7 Å². The highest BCUT2D eigenvalue weighted by molar-refractivity contribution is 9.10. The molecule has 2 N–H and O–H groups in total. The highest BCUT2D eigenvalue weighted by Gasteiger charge is 2.15. The fourth-order valence-electron chi connectivity index (χ4n) is 2.12. The molecule has 0 saturated carbocycles. The molecule has 2 aromatic rings. The fourth-order valence-corrected chi connectivity index (χ4v) is 2.45. The molecule has 1 heterocycles. The van der Waals surface area contributed by atoms with Gasteiger partial charge in [-0.25, -0.2) is 9.37 Å². The molecular weight excluding hydrogens is 285 g/mol. The first-order chi connectivity index (χ1) is 8.04. The molecule has 0 saturated heterocycles. The van der Waals surface area contributed by atoms with Gasteiger partial charge >= 0.3 is 0 Å². The number of hydrogen-bond donors (Lipinski definition) is 1. The molecule has 1 atom stereocenters. The minimum absolute atomic E-state index is 0.266. The largest absolute Gasteiger partial charge is 0.369 e. The highest BCUT2D eigenvalue weighted by Crippen LogP contribution is 2.29. The van der Waals surface area contributed by atoms with Crippen LogP contribution in [-0.4, -0.2) is 9.55 Å². The van der Waals surface area contributed by atoms with Crippen molar-refractivity contribution >= 4 is 32.9 Å². The summed E-state index contributed by atoms with van der Waals surface area (Å²) >= 11 is 3.19. The van der Waals surface area contributed by atoms with E-state index in [1.54, 1.807) is 6.07 Å². The third kappa shape index (κ3) is 2.16. The number of nitrogen functional groups attached to an aromatic ring is 1. The van der Waals surface area contributed by atoms with Crippen LogP contribution in [0.2, 0.25) is 0 Å². The zero-order valence-corrected chi connectivity index (χ0v) is 11.5. The zero-order valence-electron chi connectivity index (χ0n) is 9.87. The van der Waals surface area contributed by atoms with Crippen LogP contribution in [0, 0.1) is 5.82 Å². The average Bonchev–Trinajstić information content (AvgIpc) is 2.55. The minimum atomic E-state index is -0.315. The van der Waals surface area contributed by atoms with Gasteiger partial charge in [-0.15, -0.1) is 0 Å². The van der Waals surface area contributed by atoms with E-state index >= 15 is 0 Å². The lowest BCUT2D eigenvalue weighted by molar-refractivity contribution is 0.518. The summed E-state index contributed by atoms with van der Waals surface area (Å²) in [5.41, 5.74) is 7.37. The number of fused-ring (bicyclic) bond motifs is 1. The van der Waals surface area contributed by atoms with Crippen molar-refractivity contribution in [3.63, 3.8) is 0 Å². The maximum Gasteiger partial charge on any atom is 0.201 e. The molecule has 17 heavy (non-hydrogen) atoms. The number of anilines is 1. The monoisotopic (exact) mass is 299 g/mol. The van der Waals surface area contributed by atoms with Gasteiger partial charge in [0.15, 0.2) is 0 Å². The van der Waals surface area contributed by atoms with E-state index in [2.05, 4.69) is 34.8 Å². The zero-order chi connectivity index (χ0) is 12.6. The van der Waals surface area contributed by atoms with E-state index in [4.69, 9.17) is 5.73 Å². The molecule has 0 radical (unpaired) electrons. The Morgan fingerprint density at radius 3 is 2.88 bits per heavy atom. The van der Waals surface area contributed by atoms with Crippen molar-refractivity contribution in [2.75, 3.05) is 5.73 Å². The van der Waals surface area contributed by atoms with Crippen LogP contribution in [0.4, 0.5) is 10.3 Å². The predicted molar refractivity (Wildman–Crippen MR) is 71.4 cm³/mol. The SMILES string of the molecule is CCCC(C)n1c(N)nc2cc(F)c(Br)cc21. The van der Waals surface area contributed by atoms with Crippen molar-refractivity contribution in [3.05, 3.63) is 22.4 Å². The normalized spacial score (nSPS) is 13.2. The fraction of sp³-hybridized carbons (Fsp3) is 0.417. The van der Waals surface area contributed by atoms with Gasteiger partial charge in [-0.2, -0.15) is 0 Å². The molecule has 5 heteroatoms. The van der Waals surface area contributed by atoms with E-state index in [-0.39, 0.29) is 11.9 Å². The number of nitrogens with two attached hydrogens (primary N) is 1. The molecule has 1 unspecified atom stereocenters. The Balaban J connectivity index is 2.62. The number of aromatic nitrogens is 2. The third-order valence-corrected chi connectivity index (χ3v) is 3.51. The lowest BCUT2D eigenvalue weighted by atomic mass is 10.2. The molecule has 0 aliphatic rings. The third-order valence-electron chi connectivity index (χ3n) is 2.91. The van der Waals surface area contributed by atoms with Gasteiger partial charge in [0.05, 0.1) is 15.5 Å². The van der Waals surface area contributed by atoms with Crippen LogP contribution in [0.25, 0.3) is 11.0 Å². The van der Waals surface area contributed by atoms with Crippen LogP contribution in [0.5, 0.6) is 0 Å². The number of rotatable bonds is 3. The number of nitrogens with zero attached hydrogens (tertiary/aromatic N) is 2. The summed E-state index contributed by atoms with van der Waals surface area (Å²) in [7, 11) is 0. The van der Waals surface area contributed by atoms with Gasteiger partial charge in [0, 0.05) is 12.1 Å². The van der Waals surface area contributed by atoms with Crippen LogP contribution in [0.3, 0.4) is 0 Å². The highest BCUT2D eigenvalue weighted by atomic mass is 79.9. The number of hydrogen-bond acceptors (Lipinski definition) is 2. The second kappa shape index (κ2) is 4.64. The molecule has 0 bridgehead atoms. The molecule has 0 amide bonds. The first-order valence-corrected chi connectivity index (χ1v) is 6.46. The van der Waals surface area contributed by atoms with Gasteiger partial charge in [0.2, 0.25) is 5.95 Å². The second-order valence-corrected chi connectivity index (χ2v) is 5.09. The second-order valence-electron chi connectivity index (χ2n) is 4.23. The van der Waals surface area contributed by atoms with Gasteiger partial charge in [-0.1, -0.05) is 13.3 Å². The van der Waals surface area contributed by atoms with Crippen molar-refractivity contribution in [1.82, 2.24) is 9.55 Å². The van der Waals surface area contributed by atoms with Crippen LogP contribution < -0.4 is 5.73 Å². The predicted octanol–water partition coefficient (Wildman–Crippen LogP) is 3.88. The van der Waals surface area contributed by atoms with E-state index in [1.165, 1.54) is 6.07 Å². The molecule has 92 valence electrons. The van der Waals surface area contributed by atoms with E-state index in [9.17, 15) is 4.39 Å². The van der Waals surface area contributed by atoms with Crippen molar-refractivity contribution in [2.24, 2.45) is 0 Å². The number of halogens is 2. The Morgan fingerprint density at radius 2 is 2.24 bits per heavy atom. The van der Waals surface area contributed by atoms with E-state index in [0.717, 1.165) is 18.4 Å². The first kappa shape index (κ1) is 12.4. The number of benzene rings is 1. The molecule has 0 aliphatic carbocycles. The summed E-state index contributed by atoms with van der Waals surface area (Å²) in [5, 5.41) is 0. The molecule has 3 nitrogen and oxygen atoms in total. The minimum Gasteiger partial charge on any atom is -0.369 e. The van der Waals surface area contributed by atoms with Crippen molar-refractivity contribution in [3.8, 4) is 0 Å². The summed E-state index contributed by atoms with van der Waals surface area (Å²) in [4.78, 5) is 4.20. The summed E-state index contributed by atoms with van der Waals surface area (Å²) < 4.78 is 15.8. The molecular formula is C12H15BrFN3. The van der Waals surface area contributed by atoms with Gasteiger partial charge in [-0.05, 0) is 35.3 Å². The first-order valence-electron chi connectivity index (χ1n) is 5.67. The molecule has 2 rings (SSSR count). The summed E-state index contributed by atoms with van der Waals surface area (Å²) in [5.74, 6) is 0.128. The Morgan fingerprint density at radius 1 is 1.53 bits per heavy atom. The number of imidazole rings is 1. The van der Waals surface area contributed by atoms with E-state index in [0.29, 0.717) is 15.9 Å². The standard InChI is InChI=1S/C12H15BrFN3/c1-3-4-7(2)17-11-5-8(13)9(14)6-10(11)16-12(17)15/h5-7H,3-4H2,1-2H3,(H2,15,16). The Hall–Kier alpha value is -1.10. The summed E-state index contributed by atoms with van der Waals surface area (Å²) in [6.45, 7) is 4.22. The molecule has 0 fully saturated rings. The Bertz CT molecular complexity index is 550. The van der Waals surface area contributed by atoms with Gasteiger partial charge in [0.25, 0.3) is 0 Å². The van der Waals surface area contributed by atoms with Crippen molar-refractivity contribution in [1.29, 1.82) is 0 Å². The Kier molecular flexibility index (Phi) is 3.38. The van der Waals surface area contributed by atoms with Gasteiger partial charge in [-0.3, -0.25) is 0 Å². The van der Waals surface area contributed by atoms with E-state index in [1.807, 2.05) is 4.57 Å². The maximum atomic E-state index is 13.4. The summed E-state index contributed by atoms with van der Waals surface area (Å²) in [6, 6.07) is 3.41. The average molecular weight is 300 g/mol. The van der Waals surface area contributed by atoms with Crippen LogP contribution in [0.1, 0.15) is 32.7 Å². The smallest absolute Gasteiger partial charge is 0.201 e. The molecule has 0 spiro atoms.